The topological polar surface area (TPSA) is 43.4 Å². The molecule has 1 aromatic carbocycles. The van der Waals surface area contributed by atoms with Crippen LogP contribution in [0.5, 0.6) is 0 Å². The maximum atomic E-state index is 11.5. The van der Waals surface area contributed by atoms with E-state index in [-0.39, 0.29) is 24.8 Å². The van der Waals surface area contributed by atoms with Crippen LogP contribution in [0, 0.1) is 0 Å². The van der Waals surface area contributed by atoms with E-state index in [1.807, 2.05) is 6.07 Å². The largest absolute Gasteiger partial charge is 0.457 e. The van der Waals surface area contributed by atoms with Crippen molar-refractivity contribution in [2.45, 2.75) is 12.8 Å². The third-order valence-electron chi connectivity index (χ3n) is 2.01. The Kier molecular flexibility index (Phi) is 4.99. The summed E-state index contributed by atoms with van der Waals surface area (Å²) in [5, 5.41) is 0. The first kappa shape index (κ1) is 12.2. The molecule has 0 aliphatic heterocycles. The summed E-state index contributed by atoms with van der Waals surface area (Å²) in [5.41, 5.74) is 0.555. The molecule has 84 valence electrons. The SMILES string of the molecule is C=CCCC(=O)OCC(=O)c1ccccc1. The maximum Gasteiger partial charge on any atom is 0.306 e. The first-order valence-corrected chi connectivity index (χ1v) is 5.09. The van der Waals surface area contributed by atoms with Gasteiger partial charge in [0.05, 0.1) is 0 Å². The molecule has 0 bridgehead atoms. The molecule has 0 amide bonds. The molecule has 0 unspecified atom stereocenters. The minimum atomic E-state index is -0.371. The van der Waals surface area contributed by atoms with E-state index in [0.717, 1.165) is 0 Å². The molecule has 0 aliphatic carbocycles. The number of carbonyl (C=O) groups excluding carboxylic acids is 2. The van der Waals surface area contributed by atoms with E-state index in [9.17, 15) is 9.59 Å². The van der Waals surface area contributed by atoms with Crippen LogP contribution in [0.4, 0.5) is 0 Å². The van der Waals surface area contributed by atoms with Gasteiger partial charge in [-0.2, -0.15) is 0 Å². The highest BCUT2D eigenvalue weighted by Crippen LogP contribution is 2.01. The van der Waals surface area contributed by atoms with Gasteiger partial charge in [0.25, 0.3) is 0 Å². The zero-order chi connectivity index (χ0) is 11.8. The quantitative estimate of drug-likeness (QED) is 0.418. The average Bonchev–Trinajstić information content (AvgIpc) is 2.34. The van der Waals surface area contributed by atoms with Crippen molar-refractivity contribution in [3.8, 4) is 0 Å². The van der Waals surface area contributed by atoms with E-state index in [1.54, 1.807) is 30.3 Å². The van der Waals surface area contributed by atoms with Crippen molar-refractivity contribution in [2.75, 3.05) is 6.61 Å². The summed E-state index contributed by atoms with van der Waals surface area (Å²) in [4.78, 5) is 22.6. The summed E-state index contributed by atoms with van der Waals surface area (Å²) < 4.78 is 4.82. The van der Waals surface area contributed by atoms with Crippen LogP contribution in [0.3, 0.4) is 0 Å². The van der Waals surface area contributed by atoms with E-state index in [1.165, 1.54) is 0 Å². The number of Topliss-reactive ketones (excluding diaryl/α,β-unsaturated/α-hetero) is 1. The molecular formula is C13H14O3. The molecule has 0 heterocycles. The fraction of sp³-hybridized carbons (Fsp3) is 0.231. The predicted octanol–water partition coefficient (Wildman–Crippen LogP) is 2.38. The minimum absolute atomic E-state index is 0.187. The van der Waals surface area contributed by atoms with Gasteiger partial charge in [0.2, 0.25) is 0 Å². The summed E-state index contributed by atoms with van der Waals surface area (Å²) in [6.07, 6.45) is 2.48. The molecule has 0 N–H and O–H groups in total. The van der Waals surface area contributed by atoms with Crippen LogP contribution in [0.15, 0.2) is 43.0 Å². The lowest BCUT2D eigenvalue weighted by atomic mass is 10.1. The van der Waals surface area contributed by atoms with Crippen molar-refractivity contribution in [3.63, 3.8) is 0 Å². The Labute approximate surface area is 94.7 Å². The van der Waals surface area contributed by atoms with Crippen molar-refractivity contribution in [1.82, 2.24) is 0 Å². The summed E-state index contributed by atoms with van der Waals surface area (Å²) in [5.74, 6) is -0.559. The van der Waals surface area contributed by atoms with E-state index in [4.69, 9.17) is 4.74 Å². The van der Waals surface area contributed by atoms with Gasteiger partial charge in [-0.3, -0.25) is 9.59 Å². The summed E-state index contributed by atoms with van der Waals surface area (Å²) in [6, 6.07) is 8.76. The van der Waals surface area contributed by atoms with Crippen molar-refractivity contribution in [3.05, 3.63) is 48.6 Å². The monoisotopic (exact) mass is 218 g/mol. The first-order valence-electron chi connectivity index (χ1n) is 5.09. The number of ketones is 1. The van der Waals surface area contributed by atoms with Crippen LogP contribution >= 0.6 is 0 Å². The smallest absolute Gasteiger partial charge is 0.306 e. The normalized spacial score (nSPS) is 9.50. The summed E-state index contributed by atoms with van der Waals surface area (Å²) in [7, 11) is 0. The van der Waals surface area contributed by atoms with Crippen LogP contribution in [0.25, 0.3) is 0 Å². The Bertz CT molecular complexity index is 368. The number of benzene rings is 1. The second-order valence-corrected chi connectivity index (χ2v) is 3.28. The first-order chi connectivity index (χ1) is 7.74. The molecule has 0 atom stereocenters. The van der Waals surface area contributed by atoms with Crippen LogP contribution in [0.2, 0.25) is 0 Å². The maximum absolute atomic E-state index is 11.5. The summed E-state index contributed by atoms with van der Waals surface area (Å²) >= 11 is 0. The molecule has 3 nitrogen and oxygen atoms in total. The van der Waals surface area contributed by atoms with Crippen LogP contribution in [0.1, 0.15) is 23.2 Å². The third kappa shape index (κ3) is 4.09. The molecule has 16 heavy (non-hydrogen) atoms. The molecule has 0 fully saturated rings. The number of hydrogen-bond donors (Lipinski definition) is 0. The molecule has 1 rings (SSSR count). The van der Waals surface area contributed by atoms with Crippen molar-refractivity contribution < 1.29 is 14.3 Å². The number of esters is 1. The zero-order valence-corrected chi connectivity index (χ0v) is 9.02. The van der Waals surface area contributed by atoms with Crippen molar-refractivity contribution in [2.24, 2.45) is 0 Å². The molecule has 0 spiro atoms. The van der Waals surface area contributed by atoms with E-state index < -0.39 is 0 Å². The molecule has 0 saturated carbocycles. The van der Waals surface area contributed by atoms with Crippen molar-refractivity contribution >= 4 is 11.8 Å². The minimum Gasteiger partial charge on any atom is -0.457 e. The van der Waals surface area contributed by atoms with Gasteiger partial charge in [-0.1, -0.05) is 36.4 Å². The van der Waals surface area contributed by atoms with Crippen LogP contribution in [-0.4, -0.2) is 18.4 Å². The standard InChI is InChI=1S/C13H14O3/c1-2-3-9-13(15)16-10-12(14)11-7-5-4-6-8-11/h2,4-8H,1,3,9-10H2. The summed E-state index contributed by atoms with van der Waals surface area (Å²) in [6.45, 7) is 3.31. The van der Waals surface area contributed by atoms with E-state index in [2.05, 4.69) is 6.58 Å². The molecular weight excluding hydrogens is 204 g/mol. The van der Waals surface area contributed by atoms with Gasteiger partial charge < -0.3 is 4.74 Å². The third-order valence-corrected chi connectivity index (χ3v) is 2.01. The number of allylic oxidation sites excluding steroid dienone is 1. The van der Waals surface area contributed by atoms with Crippen LogP contribution in [-0.2, 0) is 9.53 Å². The molecule has 0 aromatic heterocycles. The fourth-order valence-electron chi connectivity index (χ4n) is 1.15. The number of rotatable bonds is 6. The number of carbonyl (C=O) groups is 2. The van der Waals surface area contributed by atoms with Crippen LogP contribution < -0.4 is 0 Å². The zero-order valence-electron chi connectivity index (χ0n) is 9.02. The Morgan fingerprint density at radius 1 is 1.25 bits per heavy atom. The lowest BCUT2D eigenvalue weighted by Crippen LogP contribution is -2.13. The lowest BCUT2D eigenvalue weighted by molar-refractivity contribution is -0.142. The molecule has 3 heteroatoms. The number of ether oxygens (including phenoxy) is 1. The van der Waals surface area contributed by atoms with Gasteiger partial charge in [0, 0.05) is 12.0 Å². The average molecular weight is 218 g/mol. The number of hydrogen-bond acceptors (Lipinski definition) is 3. The molecule has 0 aliphatic rings. The highest BCUT2D eigenvalue weighted by Gasteiger charge is 2.08. The Hall–Kier alpha value is -1.90. The molecule has 0 saturated heterocycles. The molecule has 1 aromatic rings. The highest BCUT2D eigenvalue weighted by atomic mass is 16.5. The van der Waals surface area contributed by atoms with Gasteiger partial charge in [-0.25, -0.2) is 0 Å². The van der Waals surface area contributed by atoms with Gasteiger partial charge in [-0.05, 0) is 6.42 Å². The Balaban J connectivity index is 2.36. The van der Waals surface area contributed by atoms with E-state index >= 15 is 0 Å². The van der Waals surface area contributed by atoms with E-state index in [0.29, 0.717) is 12.0 Å². The second kappa shape index (κ2) is 6.56. The van der Waals surface area contributed by atoms with Gasteiger partial charge in [-0.15, -0.1) is 6.58 Å². The van der Waals surface area contributed by atoms with Gasteiger partial charge in [0.1, 0.15) is 0 Å². The predicted molar refractivity (Wildman–Crippen MR) is 61.2 cm³/mol. The van der Waals surface area contributed by atoms with Gasteiger partial charge >= 0.3 is 5.97 Å². The highest BCUT2D eigenvalue weighted by molar-refractivity contribution is 5.97. The van der Waals surface area contributed by atoms with Crippen molar-refractivity contribution in [1.29, 1.82) is 0 Å². The second-order valence-electron chi connectivity index (χ2n) is 3.28. The molecule has 0 radical (unpaired) electrons. The Morgan fingerprint density at radius 3 is 2.56 bits per heavy atom. The Morgan fingerprint density at radius 2 is 1.94 bits per heavy atom. The lowest BCUT2D eigenvalue weighted by Gasteiger charge is -2.03. The fourth-order valence-corrected chi connectivity index (χ4v) is 1.15. The van der Waals surface area contributed by atoms with Gasteiger partial charge in [0.15, 0.2) is 12.4 Å².